The number of carbonyl (C=O) groups is 1. The van der Waals surface area contributed by atoms with Gasteiger partial charge in [-0.1, -0.05) is 5.21 Å². The normalized spacial score (nSPS) is 11.4. The van der Waals surface area contributed by atoms with Gasteiger partial charge in [0, 0.05) is 17.3 Å². The van der Waals surface area contributed by atoms with E-state index in [-0.39, 0.29) is 15.7 Å². The number of thiazole rings is 1. The number of aromatic nitrogens is 6. The SMILES string of the molecule is Cc1nsnc1Cn1nnc(C(=O)Nc2ccc(S(=O)(=O)Nc3nccs3)cc2)c1C. The Kier molecular flexibility index (Phi) is 5.75. The van der Waals surface area contributed by atoms with Gasteiger partial charge in [-0.3, -0.25) is 9.52 Å². The van der Waals surface area contributed by atoms with E-state index >= 15 is 0 Å². The molecule has 0 aliphatic carbocycles. The molecule has 0 fully saturated rings. The van der Waals surface area contributed by atoms with Gasteiger partial charge in [0.2, 0.25) is 0 Å². The Morgan fingerprint density at radius 3 is 2.58 bits per heavy atom. The van der Waals surface area contributed by atoms with Crippen LogP contribution in [-0.4, -0.2) is 43.0 Å². The molecule has 4 rings (SSSR count). The fourth-order valence-electron chi connectivity index (χ4n) is 2.61. The number of anilines is 2. The Labute approximate surface area is 185 Å². The van der Waals surface area contributed by atoms with Crippen LogP contribution in [0.15, 0.2) is 40.7 Å². The van der Waals surface area contributed by atoms with E-state index in [0.29, 0.717) is 17.9 Å². The molecule has 0 unspecified atom stereocenters. The summed E-state index contributed by atoms with van der Waals surface area (Å²) in [4.78, 5) is 16.6. The first-order chi connectivity index (χ1) is 14.8. The van der Waals surface area contributed by atoms with E-state index in [4.69, 9.17) is 0 Å². The molecule has 3 aromatic heterocycles. The van der Waals surface area contributed by atoms with Crippen LogP contribution in [0.25, 0.3) is 0 Å². The summed E-state index contributed by atoms with van der Waals surface area (Å²) in [7, 11) is -3.76. The molecule has 11 nitrogen and oxygen atoms in total. The second-order valence-electron chi connectivity index (χ2n) is 6.40. The topological polar surface area (TPSA) is 145 Å². The monoisotopic (exact) mass is 476 g/mol. The van der Waals surface area contributed by atoms with Crippen LogP contribution in [-0.2, 0) is 16.6 Å². The van der Waals surface area contributed by atoms with Crippen LogP contribution in [0.4, 0.5) is 10.8 Å². The lowest BCUT2D eigenvalue weighted by molar-refractivity contribution is 0.102. The largest absolute Gasteiger partial charge is 0.321 e. The summed E-state index contributed by atoms with van der Waals surface area (Å²) in [6.45, 7) is 3.96. The molecule has 0 radical (unpaired) electrons. The average Bonchev–Trinajstić information content (AvgIpc) is 3.46. The summed E-state index contributed by atoms with van der Waals surface area (Å²) in [5.41, 5.74) is 2.75. The molecular weight excluding hydrogens is 460 g/mol. The third kappa shape index (κ3) is 4.60. The zero-order valence-electron chi connectivity index (χ0n) is 16.3. The molecule has 2 N–H and O–H groups in total. The van der Waals surface area contributed by atoms with Gasteiger partial charge in [0.25, 0.3) is 15.9 Å². The van der Waals surface area contributed by atoms with Crippen LogP contribution >= 0.6 is 23.1 Å². The molecule has 3 heterocycles. The average molecular weight is 477 g/mol. The molecule has 0 spiro atoms. The van der Waals surface area contributed by atoms with Crippen molar-refractivity contribution in [3.8, 4) is 0 Å². The minimum Gasteiger partial charge on any atom is -0.321 e. The fraction of sp³-hybridized carbons (Fsp3) is 0.176. The lowest BCUT2D eigenvalue weighted by Gasteiger charge is -2.07. The Morgan fingerprint density at radius 2 is 1.94 bits per heavy atom. The molecule has 0 saturated heterocycles. The smallest absolute Gasteiger partial charge is 0.278 e. The number of benzene rings is 1. The molecule has 0 aliphatic heterocycles. The van der Waals surface area contributed by atoms with Crippen molar-refractivity contribution in [2.75, 3.05) is 10.0 Å². The fourth-order valence-corrected chi connectivity index (χ4v) is 4.96. The third-order valence-corrected chi connectivity index (χ3v) is 7.15. The van der Waals surface area contributed by atoms with Crippen LogP contribution in [0.5, 0.6) is 0 Å². The number of hydrogen-bond donors (Lipinski definition) is 2. The maximum atomic E-state index is 12.6. The number of nitrogens with one attached hydrogen (secondary N) is 2. The highest BCUT2D eigenvalue weighted by atomic mass is 32.2. The van der Waals surface area contributed by atoms with Gasteiger partial charge >= 0.3 is 0 Å². The minimum absolute atomic E-state index is 0.0510. The lowest BCUT2D eigenvalue weighted by Crippen LogP contribution is -2.15. The molecule has 14 heteroatoms. The van der Waals surface area contributed by atoms with E-state index in [1.807, 2.05) is 6.92 Å². The first kappa shape index (κ1) is 21.0. The number of rotatable bonds is 7. The summed E-state index contributed by atoms with van der Waals surface area (Å²) in [5, 5.41) is 12.6. The minimum atomic E-state index is -3.76. The van der Waals surface area contributed by atoms with Gasteiger partial charge < -0.3 is 5.32 Å². The van der Waals surface area contributed by atoms with Crippen LogP contribution in [0, 0.1) is 13.8 Å². The van der Waals surface area contributed by atoms with Crippen LogP contribution in [0.2, 0.25) is 0 Å². The van der Waals surface area contributed by atoms with E-state index in [0.717, 1.165) is 23.1 Å². The van der Waals surface area contributed by atoms with Crippen molar-refractivity contribution in [3.05, 3.63) is 58.6 Å². The van der Waals surface area contributed by atoms with Crippen LogP contribution in [0.3, 0.4) is 0 Å². The van der Waals surface area contributed by atoms with Gasteiger partial charge in [-0.25, -0.2) is 18.1 Å². The van der Waals surface area contributed by atoms with E-state index < -0.39 is 15.9 Å². The number of amides is 1. The van der Waals surface area contributed by atoms with Crippen molar-refractivity contribution in [2.24, 2.45) is 0 Å². The molecule has 4 aromatic rings. The zero-order chi connectivity index (χ0) is 22.0. The molecule has 0 aliphatic rings. The Hall–Kier alpha value is -3.23. The standard InChI is InChI=1S/C17H16N8O3S3/c1-10-14(22-30-21-10)9-25-11(2)15(20-24-25)16(26)19-12-3-5-13(6-4-12)31(27,28)23-17-18-7-8-29-17/h3-8H,9H2,1-2H3,(H,18,23)(H,19,26). The number of hydrogen-bond acceptors (Lipinski definition) is 10. The van der Waals surface area contributed by atoms with Crippen molar-refractivity contribution in [1.82, 2.24) is 28.7 Å². The van der Waals surface area contributed by atoms with Gasteiger partial charge in [-0.2, -0.15) is 8.75 Å². The zero-order valence-corrected chi connectivity index (χ0v) is 18.8. The van der Waals surface area contributed by atoms with Gasteiger partial charge in [-0.05, 0) is 38.1 Å². The summed E-state index contributed by atoms with van der Waals surface area (Å²) in [6, 6.07) is 5.79. The second-order valence-corrected chi connectivity index (χ2v) is 9.50. The number of sulfonamides is 1. The quantitative estimate of drug-likeness (QED) is 0.413. The van der Waals surface area contributed by atoms with E-state index in [2.05, 4.69) is 34.1 Å². The van der Waals surface area contributed by atoms with Gasteiger partial charge in [0.15, 0.2) is 10.8 Å². The predicted molar refractivity (Wildman–Crippen MR) is 116 cm³/mol. The van der Waals surface area contributed by atoms with E-state index in [1.54, 1.807) is 17.0 Å². The maximum absolute atomic E-state index is 12.6. The summed E-state index contributed by atoms with van der Waals surface area (Å²) in [6.07, 6.45) is 1.51. The van der Waals surface area contributed by atoms with E-state index in [9.17, 15) is 13.2 Å². The van der Waals surface area contributed by atoms with Crippen molar-refractivity contribution >= 4 is 49.8 Å². The predicted octanol–water partition coefficient (Wildman–Crippen LogP) is 2.30. The molecular formula is C17H16N8O3S3. The van der Waals surface area contributed by atoms with Crippen LogP contribution < -0.4 is 10.0 Å². The highest BCUT2D eigenvalue weighted by molar-refractivity contribution is 7.93. The Bertz CT molecular complexity index is 1310. The lowest BCUT2D eigenvalue weighted by atomic mass is 10.2. The van der Waals surface area contributed by atoms with Crippen molar-refractivity contribution in [1.29, 1.82) is 0 Å². The van der Waals surface area contributed by atoms with Gasteiger partial charge in [-0.15, -0.1) is 16.4 Å². The number of aryl methyl sites for hydroxylation is 1. The molecule has 31 heavy (non-hydrogen) atoms. The summed E-state index contributed by atoms with van der Waals surface area (Å²) >= 11 is 2.30. The third-order valence-electron chi connectivity index (χ3n) is 4.32. The molecule has 160 valence electrons. The van der Waals surface area contributed by atoms with Gasteiger partial charge in [0.05, 0.1) is 40.3 Å². The first-order valence-electron chi connectivity index (χ1n) is 8.85. The first-order valence-corrected chi connectivity index (χ1v) is 11.9. The number of nitrogens with zero attached hydrogens (tertiary/aromatic N) is 6. The Balaban J connectivity index is 1.45. The highest BCUT2D eigenvalue weighted by Gasteiger charge is 2.19. The second kappa shape index (κ2) is 8.49. The molecule has 0 bridgehead atoms. The van der Waals surface area contributed by atoms with Crippen LogP contribution in [0.1, 0.15) is 27.6 Å². The summed E-state index contributed by atoms with van der Waals surface area (Å²) < 4.78 is 37.1. The maximum Gasteiger partial charge on any atom is 0.278 e. The van der Waals surface area contributed by atoms with E-state index in [1.165, 1.54) is 41.8 Å². The van der Waals surface area contributed by atoms with Gasteiger partial charge in [0.1, 0.15) is 0 Å². The summed E-state index contributed by atoms with van der Waals surface area (Å²) in [5.74, 6) is -0.451. The van der Waals surface area contributed by atoms with Crippen molar-refractivity contribution < 1.29 is 13.2 Å². The number of carbonyl (C=O) groups excluding carboxylic acids is 1. The highest BCUT2D eigenvalue weighted by Crippen LogP contribution is 2.20. The molecule has 0 saturated carbocycles. The van der Waals surface area contributed by atoms with Crippen molar-refractivity contribution in [2.45, 2.75) is 25.3 Å². The molecule has 1 amide bonds. The molecule has 0 atom stereocenters. The van der Waals surface area contributed by atoms with Crippen molar-refractivity contribution in [3.63, 3.8) is 0 Å². The Morgan fingerprint density at radius 1 is 1.16 bits per heavy atom. The molecule has 1 aromatic carbocycles.